The number of carbonyl (C=O) groups is 1. The molecular weight excluding hydrogens is 366 g/mol. The van der Waals surface area contributed by atoms with Gasteiger partial charge in [0, 0.05) is 57.1 Å². The normalized spacial score (nSPS) is 14.8. The molecule has 0 saturated carbocycles. The molecule has 8 heteroatoms. The van der Waals surface area contributed by atoms with Crippen molar-refractivity contribution in [3.63, 3.8) is 0 Å². The van der Waals surface area contributed by atoms with Crippen LogP contribution in [0.1, 0.15) is 31.0 Å². The Morgan fingerprint density at radius 1 is 1.41 bits per heavy atom. The molecule has 0 aliphatic carbocycles. The Labute approximate surface area is 172 Å². The molecule has 0 unspecified atom stereocenters. The van der Waals surface area contributed by atoms with Crippen molar-refractivity contribution in [2.75, 3.05) is 39.8 Å². The molecule has 1 saturated heterocycles. The summed E-state index contributed by atoms with van der Waals surface area (Å²) in [5.41, 5.74) is 1.87. The molecule has 3 heterocycles. The quantitative estimate of drug-likeness (QED) is 0.570. The molecule has 3 rings (SSSR count). The summed E-state index contributed by atoms with van der Waals surface area (Å²) in [6.07, 6.45) is 13.5. The minimum absolute atomic E-state index is 0.00748. The predicted octanol–water partition coefficient (Wildman–Crippen LogP) is 1.72. The number of rotatable bonds is 7. The minimum Gasteiger partial charge on any atom is -0.338 e. The molecular formula is C21H29N7O. The van der Waals surface area contributed by atoms with Crippen LogP contribution >= 0.6 is 0 Å². The van der Waals surface area contributed by atoms with Gasteiger partial charge in [-0.05, 0) is 32.4 Å². The standard InChI is InChI=1S/C21H29N7O/c1-4-11-26(2)12-5-9-23-21(29)28-13-7-17(8-14-28)20-22-10-6-19(25-20)18-15-24-27(3)16-18/h1,6,10,15-17H,5,7-9,11-14H2,2-3H3,(H,23,29). The molecule has 29 heavy (non-hydrogen) atoms. The number of terminal acetylenes is 1. The molecule has 154 valence electrons. The fourth-order valence-corrected chi connectivity index (χ4v) is 3.52. The lowest BCUT2D eigenvalue weighted by molar-refractivity contribution is 0.180. The lowest BCUT2D eigenvalue weighted by Gasteiger charge is -2.31. The molecule has 0 radical (unpaired) electrons. The first-order chi connectivity index (χ1) is 14.1. The van der Waals surface area contributed by atoms with E-state index in [1.165, 1.54) is 0 Å². The fourth-order valence-electron chi connectivity index (χ4n) is 3.52. The van der Waals surface area contributed by atoms with E-state index in [9.17, 15) is 4.79 Å². The molecule has 0 bridgehead atoms. The Kier molecular flexibility index (Phi) is 7.19. The maximum absolute atomic E-state index is 12.4. The number of piperidine rings is 1. The van der Waals surface area contributed by atoms with Crippen LogP contribution < -0.4 is 5.32 Å². The Hall–Kier alpha value is -2.92. The van der Waals surface area contributed by atoms with Gasteiger partial charge in [0.05, 0.1) is 18.4 Å². The summed E-state index contributed by atoms with van der Waals surface area (Å²) in [5.74, 6) is 3.74. The van der Waals surface area contributed by atoms with Crippen molar-refractivity contribution in [3.05, 3.63) is 30.5 Å². The van der Waals surface area contributed by atoms with Crippen LogP contribution in [-0.2, 0) is 7.05 Å². The van der Waals surface area contributed by atoms with Crippen molar-refractivity contribution in [2.45, 2.75) is 25.2 Å². The zero-order valence-electron chi connectivity index (χ0n) is 17.2. The molecule has 1 fully saturated rings. The molecule has 0 aromatic carbocycles. The Morgan fingerprint density at radius 3 is 2.90 bits per heavy atom. The second-order valence-electron chi connectivity index (χ2n) is 7.49. The third-order valence-corrected chi connectivity index (χ3v) is 5.18. The van der Waals surface area contributed by atoms with Crippen molar-refractivity contribution in [1.29, 1.82) is 0 Å². The Bertz CT molecular complexity index is 849. The van der Waals surface area contributed by atoms with Gasteiger partial charge in [-0.2, -0.15) is 5.10 Å². The van der Waals surface area contributed by atoms with Gasteiger partial charge in [0.2, 0.25) is 0 Å². The monoisotopic (exact) mass is 395 g/mol. The van der Waals surface area contributed by atoms with Gasteiger partial charge in [0.15, 0.2) is 0 Å². The lowest BCUT2D eigenvalue weighted by atomic mass is 9.96. The van der Waals surface area contributed by atoms with Crippen molar-refractivity contribution < 1.29 is 4.79 Å². The smallest absolute Gasteiger partial charge is 0.317 e. The Morgan fingerprint density at radius 2 is 2.21 bits per heavy atom. The summed E-state index contributed by atoms with van der Waals surface area (Å²) < 4.78 is 1.77. The highest BCUT2D eigenvalue weighted by Gasteiger charge is 2.25. The highest BCUT2D eigenvalue weighted by molar-refractivity contribution is 5.74. The summed E-state index contributed by atoms with van der Waals surface area (Å²) in [4.78, 5) is 25.6. The van der Waals surface area contributed by atoms with E-state index in [0.717, 1.165) is 42.9 Å². The number of carbonyl (C=O) groups excluding carboxylic acids is 1. The summed E-state index contributed by atoms with van der Waals surface area (Å²) in [5, 5.41) is 7.21. The van der Waals surface area contributed by atoms with Crippen molar-refractivity contribution in [2.24, 2.45) is 7.05 Å². The van der Waals surface area contributed by atoms with Gasteiger partial charge in [0.25, 0.3) is 0 Å². The van der Waals surface area contributed by atoms with Crippen LogP contribution in [-0.4, -0.2) is 75.4 Å². The van der Waals surface area contributed by atoms with Crippen LogP contribution in [0.4, 0.5) is 4.79 Å². The molecule has 0 spiro atoms. The predicted molar refractivity (Wildman–Crippen MR) is 112 cm³/mol. The summed E-state index contributed by atoms with van der Waals surface area (Å²) >= 11 is 0. The van der Waals surface area contributed by atoms with E-state index in [-0.39, 0.29) is 11.9 Å². The average Bonchev–Trinajstić information content (AvgIpc) is 3.18. The van der Waals surface area contributed by atoms with Gasteiger partial charge in [-0.1, -0.05) is 5.92 Å². The van der Waals surface area contributed by atoms with E-state index < -0.39 is 0 Å². The first-order valence-electron chi connectivity index (χ1n) is 10.0. The van der Waals surface area contributed by atoms with Crippen LogP contribution in [0.15, 0.2) is 24.7 Å². The summed E-state index contributed by atoms with van der Waals surface area (Å²) in [7, 11) is 3.87. The molecule has 8 nitrogen and oxygen atoms in total. The average molecular weight is 396 g/mol. The van der Waals surface area contributed by atoms with Crippen LogP contribution in [0.25, 0.3) is 11.3 Å². The number of hydrogen-bond acceptors (Lipinski definition) is 5. The van der Waals surface area contributed by atoms with E-state index in [1.54, 1.807) is 10.9 Å². The summed E-state index contributed by atoms with van der Waals surface area (Å²) in [6.45, 7) is 3.59. The van der Waals surface area contributed by atoms with Crippen LogP contribution in [0, 0.1) is 12.3 Å². The maximum atomic E-state index is 12.4. The van der Waals surface area contributed by atoms with Crippen molar-refractivity contribution in [3.8, 4) is 23.6 Å². The Balaban J connectivity index is 1.46. The van der Waals surface area contributed by atoms with Gasteiger partial charge in [-0.25, -0.2) is 14.8 Å². The van der Waals surface area contributed by atoms with Gasteiger partial charge >= 0.3 is 6.03 Å². The first-order valence-corrected chi connectivity index (χ1v) is 10.0. The first kappa shape index (κ1) is 20.8. The lowest BCUT2D eigenvalue weighted by Crippen LogP contribution is -2.44. The fraction of sp³-hybridized carbons (Fsp3) is 0.524. The van der Waals surface area contributed by atoms with Crippen molar-refractivity contribution >= 4 is 6.03 Å². The largest absolute Gasteiger partial charge is 0.338 e. The van der Waals surface area contributed by atoms with Crippen LogP contribution in [0.2, 0.25) is 0 Å². The van der Waals surface area contributed by atoms with Gasteiger partial charge < -0.3 is 10.2 Å². The van der Waals surface area contributed by atoms with Gasteiger partial charge in [-0.3, -0.25) is 9.58 Å². The van der Waals surface area contributed by atoms with E-state index in [4.69, 9.17) is 11.4 Å². The molecule has 2 amide bonds. The number of likely N-dealkylation sites (tertiary alicyclic amines) is 1. The highest BCUT2D eigenvalue weighted by atomic mass is 16.2. The molecule has 1 N–H and O–H groups in total. The zero-order chi connectivity index (χ0) is 20.6. The number of hydrogen-bond donors (Lipinski definition) is 1. The highest BCUT2D eigenvalue weighted by Crippen LogP contribution is 2.27. The van der Waals surface area contributed by atoms with Crippen molar-refractivity contribution in [1.82, 2.24) is 34.9 Å². The SMILES string of the molecule is C#CCN(C)CCCNC(=O)N1CCC(c2nccc(-c3cnn(C)c3)n2)CC1. The van der Waals surface area contributed by atoms with Crippen LogP contribution in [0.3, 0.4) is 0 Å². The number of urea groups is 1. The van der Waals surface area contributed by atoms with E-state index in [0.29, 0.717) is 26.2 Å². The van der Waals surface area contributed by atoms with Gasteiger partial charge in [-0.15, -0.1) is 6.42 Å². The number of nitrogens with one attached hydrogen (secondary N) is 1. The van der Waals surface area contributed by atoms with Gasteiger partial charge in [0.1, 0.15) is 5.82 Å². The molecule has 1 aliphatic rings. The number of aryl methyl sites for hydroxylation is 1. The number of aromatic nitrogens is 4. The number of amides is 2. The van der Waals surface area contributed by atoms with Crippen LogP contribution in [0.5, 0.6) is 0 Å². The topological polar surface area (TPSA) is 79.2 Å². The second kappa shape index (κ2) is 10.0. The second-order valence-corrected chi connectivity index (χ2v) is 7.49. The van der Waals surface area contributed by atoms with E-state index >= 15 is 0 Å². The third-order valence-electron chi connectivity index (χ3n) is 5.18. The molecule has 2 aromatic heterocycles. The zero-order valence-corrected chi connectivity index (χ0v) is 17.2. The number of nitrogens with zero attached hydrogens (tertiary/aromatic N) is 6. The third kappa shape index (κ3) is 5.78. The molecule has 2 aromatic rings. The van der Waals surface area contributed by atoms with E-state index in [2.05, 4.69) is 26.2 Å². The maximum Gasteiger partial charge on any atom is 0.317 e. The summed E-state index contributed by atoms with van der Waals surface area (Å²) in [6, 6.07) is 1.91. The molecule has 1 aliphatic heterocycles. The molecule has 0 atom stereocenters. The van der Waals surface area contributed by atoms with E-state index in [1.807, 2.05) is 37.5 Å². The minimum atomic E-state index is 0.00748.